The Balaban J connectivity index is 1.79. The molecule has 0 unspecified atom stereocenters. The van der Waals surface area contributed by atoms with E-state index in [9.17, 15) is 0 Å². The molecule has 0 spiro atoms. The van der Waals surface area contributed by atoms with Crippen LogP contribution in [0.5, 0.6) is 0 Å². The Labute approximate surface area is 112 Å². The Morgan fingerprint density at radius 1 is 1.26 bits per heavy atom. The Bertz CT molecular complexity index is 529. The molecule has 0 atom stereocenters. The minimum Gasteiger partial charge on any atom is -0.314 e. The van der Waals surface area contributed by atoms with Crippen molar-refractivity contribution < 1.29 is 0 Å². The molecule has 2 aromatic heterocycles. The fourth-order valence-electron chi connectivity index (χ4n) is 2.31. The van der Waals surface area contributed by atoms with E-state index in [1.54, 1.807) is 6.20 Å². The molecule has 0 aromatic carbocycles. The Morgan fingerprint density at radius 3 is 2.84 bits per heavy atom. The summed E-state index contributed by atoms with van der Waals surface area (Å²) in [4.78, 5) is 6.52. The van der Waals surface area contributed by atoms with Crippen LogP contribution in [0.3, 0.4) is 0 Å². The molecule has 1 saturated heterocycles. The predicted molar refractivity (Wildman–Crippen MR) is 72.4 cm³/mol. The summed E-state index contributed by atoms with van der Waals surface area (Å²) in [5, 5.41) is 11.9. The SMILES string of the molecule is Cn1c(CN2CCNCC2)nnc1-c1cccnc1. The van der Waals surface area contributed by atoms with Crippen LogP contribution in [-0.4, -0.2) is 50.8 Å². The van der Waals surface area contributed by atoms with Crippen molar-refractivity contribution >= 4 is 0 Å². The molecule has 1 fully saturated rings. The van der Waals surface area contributed by atoms with Crippen LogP contribution in [0.4, 0.5) is 0 Å². The van der Waals surface area contributed by atoms with E-state index in [1.807, 2.05) is 25.4 Å². The molecule has 0 bridgehead atoms. The van der Waals surface area contributed by atoms with Gasteiger partial charge in [-0.3, -0.25) is 9.88 Å². The lowest BCUT2D eigenvalue weighted by Gasteiger charge is -2.26. The largest absolute Gasteiger partial charge is 0.314 e. The normalized spacial score (nSPS) is 16.7. The monoisotopic (exact) mass is 258 g/mol. The summed E-state index contributed by atoms with van der Waals surface area (Å²) in [6.45, 7) is 5.08. The summed E-state index contributed by atoms with van der Waals surface area (Å²) in [6.07, 6.45) is 3.58. The van der Waals surface area contributed by atoms with Crippen LogP contribution in [-0.2, 0) is 13.6 Å². The van der Waals surface area contributed by atoms with Gasteiger partial charge < -0.3 is 9.88 Å². The van der Waals surface area contributed by atoms with Gasteiger partial charge in [0.05, 0.1) is 6.54 Å². The van der Waals surface area contributed by atoms with E-state index in [4.69, 9.17) is 0 Å². The molecule has 1 N–H and O–H groups in total. The lowest BCUT2D eigenvalue weighted by Crippen LogP contribution is -2.43. The third-order valence-electron chi connectivity index (χ3n) is 3.46. The zero-order chi connectivity index (χ0) is 13.1. The minimum atomic E-state index is 0.853. The molecule has 0 amide bonds. The molecular formula is C13H18N6. The van der Waals surface area contributed by atoms with Crippen molar-refractivity contribution in [2.45, 2.75) is 6.54 Å². The number of nitrogens with one attached hydrogen (secondary N) is 1. The van der Waals surface area contributed by atoms with E-state index in [0.717, 1.165) is 49.9 Å². The fraction of sp³-hybridized carbons (Fsp3) is 0.462. The number of pyridine rings is 1. The van der Waals surface area contributed by atoms with Crippen LogP contribution in [0.1, 0.15) is 5.82 Å². The van der Waals surface area contributed by atoms with Gasteiger partial charge in [0.1, 0.15) is 5.82 Å². The number of hydrogen-bond donors (Lipinski definition) is 1. The fourth-order valence-corrected chi connectivity index (χ4v) is 2.31. The molecule has 3 rings (SSSR count). The van der Waals surface area contributed by atoms with Gasteiger partial charge in [-0.2, -0.15) is 0 Å². The molecule has 0 saturated carbocycles. The number of nitrogens with zero attached hydrogens (tertiary/aromatic N) is 5. The molecule has 2 aromatic rings. The Hall–Kier alpha value is -1.79. The first-order chi connectivity index (χ1) is 9.34. The second-order valence-electron chi connectivity index (χ2n) is 4.77. The molecule has 1 aliphatic heterocycles. The standard InChI is InChI=1S/C13H18N6/c1-18-12(10-19-7-5-14-6-8-19)16-17-13(18)11-3-2-4-15-9-11/h2-4,9,14H,5-8,10H2,1H3. The van der Waals surface area contributed by atoms with Gasteiger partial charge in [-0.25, -0.2) is 0 Å². The van der Waals surface area contributed by atoms with E-state index >= 15 is 0 Å². The number of piperazine rings is 1. The summed E-state index contributed by atoms with van der Waals surface area (Å²) in [5.74, 6) is 1.87. The Morgan fingerprint density at radius 2 is 2.11 bits per heavy atom. The zero-order valence-corrected chi connectivity index (χ0v) is 11.1. The summed E-state index contributed by atoms with van der Waals surface area (Å²) in [5.41, 5.74) is 1.00. The van der Waals surface area contributed by atoms with Crippen molar-refractivity contribution in [3.63, 3.8) is 0 Å². The van der Waals surface area contributed by atoms with Gasteiger partial charge in [-0.05, 0) is 12.1 Å². The van der Waals surface area contributed by atoms with E-state index in [0.29, 0.717) is 0 Å². The minimum absolute atomic E-state index is 0.853. The van der Waals surface area contributed by atoms with Crippen LogP contribution < -0.4 is 5.32 Å². The summed E-state index contributed by atoms with van der Waals surface area (Å²) in [7, 11) is 2.01. The molecule has 100 valence electrons. The molecule has 6 nitrogen and oxygen atoms in total. The second-order valence-corrected chi connectivity index (χ2v) is 4.77. The lowest BCUT2D eigenvalue weighted by molar-refractivity contribution is 0.226. The van der Waals surface area contributed by atoms with E-state index in [1.165, 1.54) is 0 Å². The van der Waals surface area contributed by atoms with E-state index in [2.05, 4.69) is 30.0 Å². The maximum Gasteiger partial charge on any atom is 0.165 e. The zero-order valence-electron chi connectivity index (χ0n) is 11.1. The molecule has 0 aliphatic carbocycles. The topological polar surface area (TPSA) is 58.9 Å². The molecule has 6 heteroatoms. The smallest absolute Gasteiger partial charge is 0.165 e. The van der Waals surface area contributed by atoms with Gasteiger partial charge in [0.15, 0.2) is 5.82 Å². The third-order valence-corrected chi connectivity index (χ3v) is 3.46. The van der Waals surface area contributed by atoms with Crippen molar-refractivity contribution in [2.75, 3.05) is 26.2 Å². The first kappa shape index (κ1) is 12.3. The summed E-state index contributed by atoms with van der Waals surface area (Å²) < 4.78 is 2.05. The van der Waals surface area contributed by atoms with Gasteiger partial charge in [0.25, 0.3) is 0 Å². The Kier molecular flexibility index (Phi) is 3.52. The average molecular weight is 258 g/mol. The highest BCUT2D eigenvalue weighted by Gasteiger charge is 2.15. The highest BCUT2D eigenvalue weighted by Crippen LogP contribution is 2.16. The van der Waals surface area contributed by atoms with Crippen LogP contribution >= 0.6 is 0 Å². The van der Waals surface area contributed by atoms with Crippen molar-refractivity contribution in [3.8, 4) is 11.4 Å². The van der Waals surface area contributed by atoms with Crippen molar-refractivity contribution in [1.82, 2.24) is 30.0 Å². The van der Waals surface area contributed by atoms with Crippen molar-refractivity contribution in [2.24, 2.45) is 7.05 Å². The van der Waals surface area contributed by atoms with Gasteiger partial charge in [0, 0.05) is 51.2 Å². The summed E-state index contributed by atoms with van der Waals surface area (Å²) >= 11 is 0. The first-order valence-corrected chi connectivity index (χ1v) is 6.56. The second kappa shape index (κ2) is 5.46. The van der Waals surface area contributed by atoms with Gasteiger partial charge in [-0.1, -0.05) is 0 Å². The van der Waals surface area contributed by atoms with Gasteiger partial charge in [-0.15, -0.1) is 10.2 Å². The number of hydrogen-bond acceptors (Lipinski definition) is 5. The summed E-state index contributed by atoms with van der Waals surface area (Å²) in [6, 6.07) is 3.92. The van der Waals surface area contributed by atoms with Crippen molar-refractivity contribution in [1.29, 1.82) is 0 Å². The van der Waals surface area contributed by atoms with Crippen LogP contribution in [0, 0.1) is 0 Å². The van der Waals surface area contributed by atoms with Crippen LogP contribution in [0.2, 0.25) is 0 Å². The van der Waals surface area contributed by atoms with Crippen LogP contribution in [0.15, 0.2) is 24.5 Å². The lowest BCUT2D eigenvalue weighted by atomic mass is 10.3. The quantitative estimate of drug-likeness (QED) is 0.857. The highest BCUT2D eigenvalue weighted by molar-refractivity contribution is 5.53. The van der Waals surface area contributed by atoms with Gasteiger partial charge in [0.2, 0.25) is 0 Å². The maximum atomic E-state index is 4.31. The van der Waals surface area contributed by atoms with Crippen molar-refractivity contribution in [3.05, 3.63) is 30.4 Å². The molecule has 19 heavy (non-hydrogen) atoms. The molecule has 0 radical (unpaired) electrons. The first-order valence-electron chi connectivity index (χ1n) is 6.56. The predicted octanol–water partition coefficient (Wildman–Crippen LogP) is 0.282. The highest BCUT2D eigenvalue weighted by atomic mass is 15.3. The van der Waals surface area contributed by atoms with Gasteiger partial charge >= 0.3 is 0 Å². The molecule has 1 aliphatic rings. The number of aromatic nitrogens is 4. The average Bonchev–Trinajstić information content (AvgIpc) is 2.82. The third kappa shape index (κ3) is 2.64. The van der Waals surface area contributed by atoms with E-state index < -0.39 is 0 Å². The van der Waals surface area contributed by atoms with Crippen LogP contribution in [0.25, 0.3) is 11.4 Å². The maximum absolute atomic E-state index is 4.31. The molecule has 3 heterocycles. The number of rotatable bonds is 3. The molecular weight excluding hydrogens is 240 g/mol. The van der Waals surface area contributed by atoms with E-state index in [-0.39, 0.29) is 0 Å².